The molecule has 1 saturated heterocycles. The molecule has 0 aliphatic carbocycles. The van der Waals surface area contributed by atoms with E-state index in [0.717, 1.165) is 5.56 Å². The van der Waals surface area contributed by atoms with Crippen molar-refractivity contribution in [2.24, 2.45) is 0 Å². The molecule has 2 aliphatic rings. The van der Waals surface area contributed by atoms with E-state index in [1.165, 1.54) is 12.1 Å². The van der Waals surface area contributed by atoms with E-state index in [2.05, 4.69) is 21.0 Å². The second kappa shape index (κ2) is 6.53. The summed E-state index contributed by atoms with van der Waals surface area (Å²) in [6.45, 7) is 1.35. The van der Waals surface area contributed by atoms with E-state index in [0.29, 0.717) is 44.5 Å². The lowest BCUT2D eigenvalue weighted by molar-refractivity contribution is -0.126. The zero-order chi connectivity index (χ0) is 18.1. The number of hydrogen-bond donors (Lipinski definition) is 3. The van der Waals surface area contributed by atoms with Crippen molar-refractivity contribution < 1.29 is 14.0 Å². The van der Waals surface area contributed by atoms with E-state index in [1.807, 2.05) is 0 Å². The highest BCUT2D eigenvalue weighted by Gasteiger charge is 2.42. The number of anilines is 2. The molecule has 2 aliphatic heterocycles. The summed E-state index contributed by atoms with van der Waals surface area (Å²) in [7, 11) is 0. The number of fused-ring (bicyclic) bond motifs is 1. The van der Waals surface area contributed by atoms with Crippen LogP contribution in [0.3, 0.4) is 0 Å². The minimum Gasteiger partial charge on any atom is -0.326 e. The molecule has 0 spiro atoms. The summed E-state index contributed by atoms with van der Waals surface area (Å²) in [5, 5.41) is 12.9. The van der Waals surface area contributed by atoms with E-state index in [9.17, 15) is 14.0 Å². The number of amides is 2. The Morgan fingerprint density at radius 1 is 1.27 bits per heavy atom. The minimum absolute atomic E-state index is 0.0704. The van der Waals surface area contributed by atoms with Gasteiger partial charge in [0.25, 0.3) is 5.91 Å². The van der Waals surface area contributed by atoms with Crippen LogP contribution < -0.4 is 16.0 Å². The fraction of sp³-hybridized carbons (Fsp3) is 0.389. The highest BCUT2D eigenvalue weighted by atomic mass is 19.1. The van der Waals surface area contributed by atoms with Gasteiger partial charge in [0.15, 0.2) is 0 Å². The standard InChI is InChI=1S/C18H20FN5O2/c19-13-10-12-2-3-16(25)22-14(12)11-15(13)23-17(26)18(4-7-20-8-5-18)24-9-1-6-21-24/h1,6,9-11,20H,2-5,7-8H2,(H,22,25)(H,23,26). The number of piperidine rings is 1. The maximum Gasteiger partial charge on any atom is 0.252 e. The number of nitrogens with zero attached hydrogens (tertiary/aromatic N) is 2. The Balaban J connectivity index is 1.64. The summed E-state index contributed by atoms with van der Waals surface area (Å²) in [6.07, 6.45) is 5.34. The lowest BCUT2D eigenvalue weighted by Gasteiger charge is -2.36. The molecule has 2 aromatic rings. The van der Waals surface area contributed by atoms with Crippen molar-refractivity contribution in [3.05, 3.63) is 42.0 Å². The number of aromatic nitrogens is 2. The smallest absolute Gasteiger partial charge is 0.252 e. The third kappa shape index (κ3) is 2.86. The van der Waals surface area contributed by atoms with Gasteiger partial charge < -0.3 is 16.0 Å². The average molecular weight is 357 g/mol. The molecule has 26 heavy (non-hydrogen) atoms. The third-order valence-electron chi connectivity index (χ3n) is 5.13. The van der Waals surface area contributed by atoms with Gasteiger partial charge in [-0.25, -0.2) is 4.39 Å². The molecular weight excluding hydrogens is 337 g/mol. The number of carbonyl (C=O) groups excluding carboxylic acids is 2. The molecule has 0 bridgehead atoms. The van der Waals surface area contributed by atoms with Crippen LogP contribution in [0.4, 0.5) is 15.8 Å². The van der Waals surface area contributed by atoms with Gasteiger partial charge in [-0.3, -0.25) is 14.3 Å². The van der Waals surface area contributed by atoms with Crippen molar-refractivity contribution in [1.29, 1.82) is 0 Å². The summed E-state index contributed by atoms with van der Waals surface area (Å²) < 4.78 is 16.2. The van der Waals surface area contributed by atoms with Crippen molar-refractivity contribution in [3.8, 4) is 0 Å². The average Bonchev–Trinajstić information content (AvgIpc) is 3.18. The summed E-state index contributed by atoms with van der Waals surface area (Å²) in [5.41, 5.74) is 0.501. The predicted octanol–water partition coefficient (Wildman–Crippen LogP) is 1.62. The van der Waals surface area contributed by atoms with Crippen LogP contribution in [0.1, 0.15) is 24.8 Å². The largest absolute Gasteiger partial charge is 0.326 e. The van der Waals surface area contributed by atoms with E-state index in [1.54, 1.807) is 23.1 Å². The van der Waals surface area contributed by atoms with E-state index in [-0.39, 0.29) is 17.5 Å². The van der Waals surface area contributed by atoms with Gasteiger partial charge in [0.1, 0.15) is 11.4 Å². The van der Waals surface area contributed by atoms with Gasteiger partial charge in [-0.15, -0.1) is 0 Å². The highest BCUT2D eigenvalue weighted by molar-refractivity contribution is 5.99. The Labute approximate surface area is 150 Å². The first-order valence-corrected chi connectivity index (χ1v) is 8.73. The molecule has 1 fully saturated rings. The number of hydrogen-bond acceptors (Lipinski definition) is 4. The van der Waals surface area contributed by atoms with Crippen LogP contribution in [0, 0.1) is 5.82 Å². The van der Waals surface area contributed by atoms with Gasteiger partial charge in [-0.05, 0) is 56.1 Å². The fourth-order valence-electron chi connectivity index (χ4n) is 3.66. The first kappa shape index (κ1) is 16.7. The Bertz CT molecular complexity index is 844. The maximum atomic E-state index is 14.5. The molecule has 136 valence electrons. The van der Waals surface area contributed by atoms with Crippen molar-refractivity contribution in [2.75, 3.05) is 23.7 Å². The van der Waals surface area contributed by atoms with Gasteiger partial charge in [0.2, 0.25) is 5.91 Å². The lowest BCUT2D eigenvalue weighted by atomic mass is 9.87. The summed E-state index contributed by atoms with van der Waals surface area (Å²) in [6, 6.07) is 4.65. The molecule has 0 atom stereocenters. The molecule has 4 rings (SSSR count). The number of nitrogens with one attached hydrogen (secondary N) is 3. The molecule has 3 heterocycles. The Morgan fingerprint density at radius 3 is 2.81 bits per heavy atom. The van der Waals surface area contributed by atoms with Gasteiger partial charge in [-0.1, -0.05) is 0 Å². The van der Waals surface area contributed by atoms with Gasteiger partial charge in [0.05, 0.1) is 5.69 Å². The van der Waals surface area contributed by atoms with Gasteiger partial charge in [-0.2, -0.15) is 5.10 Å². The van der Waals surface area contributed by atoms with Crippen LogP contribution in [0.2, 0.25) is 0 Å². The molecule has 0 radical (unpaired) electrons. The van der Waals surface area contributed by atoms with Gasteiger partial charge in [0, 0.05) is 24.5 Å². The van der Waals surface area contributed by atoms with Crippen LogP contribution in [-0.4, -0.2) is 34.7 Å². The van der Waals surface area contributed by atoms with Crippen molar-refractivity contribution >= 4 is 23.2 Å². The van der Waals surface area contributed by atoms with Crippen molar-refractivity contribution in [1.82, 2.24) is 15.1 Å². The predicted molar refractivity (Wildman–Crippen MR) is 94.3 cm³/mol. The second-order valence-corrected chi connectivity index (χ2v) is 6.72. The third-order valence-corrected chi connectivity index (χ3v) is 5.13. The molecule has 3 N–H and O–H groups in total. The Hall–Kier alpha value is -2.74. The summed E-state index contributed by atoms with van der Waals surface area (Å²) in [5.74, 6) is -0.908. The van der Waals surface area contributed by atoms with Crippen LogP contribution in [0.25, 0.3) is 0 Å². The monoisotopic (exact) mass is 357 g/mol. The molecule has 0 saturated carbocycles. The first-order valence-electron chi connectivity index (χ1n) is 8.73. The minimum atomic E-state index is -0.861. The number of halogens is 1. The molecule has 8 heteroatoms. The number of carbonyl (C=O) groups is 2. The zero-order valence-electron chi connectivity index (χ0n) is 14.2. The van der Waals surface area contributed by atoms with Crippen LogP contribution in [0.15, 0.2) is 30.6 Å². The van der Waals surface area contributed by atoms with Crippen LogP contribution in [-0.2, 0) is 21.5 Å². The Morgan fingerprint density at radius 2 is 2.08 bits per heavy atom. The van der Waals surface area contributed by atoms with E-state index >= 15 is 0 Å². The maximum absolute atomic E-state index is 14.5. The zero-order valence-corrected chi connectivity index (χ0v) is 14.2. The molecule has 1 aromatic carbocycles. The molecular formula is C18H20FN5O2. The van der Waals surface area contributed by atoms with Gasteiger partial charge >= 0.3 is 0 Å². The molecule has 1 aromatic heterocycles. The van der Waals surface area contributed by atoms with Crippen molar-refractivity contribution in [3.63, 3.8) is 0 Å². The van der Waals surface area contributed by atoms with Crippen LogP contribution in [0.5, 0.6) is 0 Å². The first-order chi connectivity index (χ1) is 12.6. The second-order valence-electron chi connectivity index (χ2n) is 6.72. The van der Waals surface area contributed by atoms with E-state index < -0.39 is 11.4 Å². The topological polar surface area (TPSA) is 88.0 Å². The van der Waals surface area contributed by atoms with E-state index in [4.69, 9.17) is 0 Å². The van der Waals surface area contributed by atoms with Crippen molar-refractivity contribution in [2.45, 2.75) is 31.2 Å². The molecule has 7 nitrogen and oxygen atoms in total. The normalized spacial score (nSPS) is 18.7. The number of rotatable bonds is 3. The van der Waals surface area contributed by atoms with Crippen LogP contribution >= 0.6 is 0 Å². The molecule has 0 unspecified atom stereocenters. The quantitative estimate of drug-likeness (QED) is 0.779. The fourth-order valence-corrected chi connectivity index (χ4v) is 3.66. The highest BCUT2D eigenvalue weighted by Crippen LogP contribution is 2.32. The summed E-state index contributed by atoms with van der Waals surface area (Å²) in [4.78, 5) is 24.7. The number of benzene rings is 1. The summed E-state index contributed by atoms with van der Waals surface area (Å²) >= 11 is 0. The molecule has 2 amide bonds. The lowest BCUT2D eigenvalue weighted by Crippen LogP contribution is -2.52. The number of aryl methyl sites for hydroxylation is 1. The Kier molecular flexibility index (Phi) is 4.20. The SMILES string of the molecule is O=C1CCc2cc(F)c(NC(=O)C3(n4cccn4)CCNCC3)cc2N1.